The van der Waals surface area contributed by atoms with Crippen molar-refractivity contribution in [1.29, 1.82) is 0 Å². The Morgan fingerprint density at radius 2 is 1.77 bits per heavy atom. The fourth-order valence-corrected chi connectivity index (χ4v) is 3.69. The average molecular weight is 306 g/mol. The van der Waals surface area contributed by atoms with E-state index in [2.05, 4.69) is 6.92 Å². The van der Waals surface area contributed by atoms with Crippen molar-refractivity contribution in [2.75, 3.05) is 0 Å². The van der Waals surface area contributed by atoms with Gasteiger partial charge in [0, 0.05) is 5.56 Å². The Morgan fingerprint density at radius 3 is 2.41 bits per heavy atom. The number of hydrogen-bond donors (Lipinski definition) is 0. The lowest BCUT2D eigenvalue weighted by atomic mass is 9.77. The second-order valence-corrected chi connectivity index (χ2v) is 6.56. The lowest BCUT2D eigenvalue weighted by molar-refractivity contribution is 0.226. The number of benzene rings is 1. The molecule has 0 saturated heterocycles. The van der Waals surface area contributed by atoms with Crippen LogP contribution in [0.15, 0.2) is 12.1 Å². The first kappa shape index (κ1) is 15.5. The molecule has 22 heavy (non-hydrogen) atoms. The van der Waals surface area contributed by atoms with E-state index in [9.17, 15) is 8.78 Å². The summed E-state index contributed by atoms with van der Waals surface area (Å²) in [6.07, 6.45) is 9.71. The highest BCUT2D eigenvalue weighted by atomic mass is 19.2. The standard InChI is InChI=1S/C19H24F2O/c1-3-12-5-7-13(8-6-12)16-11-14-9-10-15(4-2)22-19(14)18(21)17(16)20/h9-13,15H,3-8H2,1-2H3/t12-,13-,15?. The maximum absolute atomic E-state index is 14.5. The molecular formula is C19H24F2O. The second kappa shape index (κ2) is 6.39. The molecule has 0 N–H and O–H groups in total. The summed E-state index contributed by atoms with van der Waals surface area (Å²) < 4.78 is 34.5. The monoisotopic (exact) mass is 306 g/mol. The van der Waals surface area contributed by atoms with E-state index in [0.29, 0.717) is 11.1 Å². The number of hydrogen-bond acceptors (Lipinski definition) is 1. The first-order chi connectivity index (χ1) is 10.6. The van der Waals surface area contributed by atoms with E-state index in [1.54, 1.807) is 6.07 Å². The van der Waals surface area contributed by atoms with E-state index >= 15 is 0 Å². The molecule has 1 unspecified atom stereocenters. The van der Waals surface area contributed by atoms with E-state index < -0.39 is 11.6 Å². The van der Waals surface area contributed by atoms with Crippen molar-refractivity contribution in [2.45, 2.75) is 64.4 Å². The molecule has 1 aliphatic heterocycles. The Balaban J connectivity index is 1.89. The van der Waals surface area contributed by atoms with Gasteiger partial charge in [-0.1, -0.05) is 26.3 Å². The van der Waals surface area contributed by atoms with E-state index in [1.807, 2.05) is 19.1 Å². The smallest absolute Gasteiger partial charge is 0.201 e. The first-order valence-electron chi connectivity index (χ1n) is 8.50. The first-order valence-corrected chi connectivity index (χ1v) is 8.50. The van der Waals surface area contributed by atoms with Gasteiger partial charge in [-0.3, -0.25) is 0 Å². The van der Waals surface area contributed by atoms with Crippen LogP contribution >= 0.6 is 0 Å². The van der Waals surface area contributed by atoms with Crippen LogP contribution in [-0.2, 0) is 0 Å². The van der Waals surface area contributed by atoms with E-state index in [1.165, 1.54) is 6.42 Å². The van der Waals surface area contributed by atoms with Crippen molar-refractivity contribution in [3.63, 3.8) is 0 Å². The second-order valence-electron chi connectivity index (χ2n) is 6.56. The fourth-order valence-electron chi connectivity index (χ4n) is 3.69. The van der Waals surface area contributed by atoms with Crippen molar-refractivity contribution >= 4 is 6.08 Å². The Morgan fingerprint density at radius 1 is 1.05 bits per heavy atom. The lowest BCUT2D eigenvalue weighted by Crippen LogP contribution is -2.19. The van der Waals surface area contributed by atoms with Crippen LogP contribution in [0.5, 0.6) is 5.75 Å². The molecule has 0 amide bonds. The molecule has 0 spiro atoms. The van der Waals surface area contributed by atoms with Gasteiger partial charge >= 0.3 is 0 Å². The molecule has 0 bridgehead atoms. The van der Waals surface area contributed by atoms with Gasteiger partial charge < -0.3 is 4.74 Å². The molecule has 0 radical (unpaired) electrons. The number of halogens is 2. The summed E-state index contributed by atoms with van der Waals surface area (Å²) in [5.41, 5.74) is 1.21. The zero-order valence-corrected chi connectivity index (χ0v) is 13.4. The molecule has 0 aromatic heterocycles. The maximum Gasteiger partial charge on any atom is 0.201 e. The zero-order valence-electron chi connectivity index (χ0n) is 13.4. The lowest BCUT2D eigenvalue weighted by Gasteiger charge is -2.29. The molecule has 1 heterocycles. The Kier molecular flexibility index (Phi) is 4.51. The summed E-state index contributed by atoms with van der Waals surface area (Å²) in [5, 5.41) is 0. The Labute approximate surface area is 131 Å². The van der Waals surface area contributed by atoms with Crippen molar-refractivity contribution in [1.82, 2.24) is 0 Å². The van der Waals surface area contributed by atoms with Gasteiger partial charge in [-0.15, -0.1) is 0 Å². The van der Waals surface area contributed by atoms with Gasteiger partial charge in [0.05, 0.1) is 0 Å². The van der Waals surface area contributed by atoms with Crippen molar-refractivity contribution in [3.8, 4) is 5.75 Å². The van der Waals surface area contributed by atoms with Crippen LogP contribution in [-0.4, -0.2) is 6.10 Å². The normalized spacial score (nSPS) is 27.4. The maximum atomic E-state index is 14.5. The van der Waals surface area contributed by atoms with Gasteiger partial charge in [-0.2, -0.15) is 4.39 Å². The minimum absolute atomic E-state index is 0.0813. The van der Waals surface area contributed by atoms with Crippen LogP contribution < -0.4 is 4.74 Å². The molecule has 1 aromatic rings. The quantitative estimate of drug-likeness (QED) is 0.682. The van der Waals surface area contributed by atoms with Crippen LogP contribution in [0, 0.1) is 17.6 Å². The van der Waals surface area contributed by atoms with Crippen LogP contribution in [0.2, 0.25) is 0 Å². The summed E-state index contributed by atoms with van der Waals surface area (Å²) in [5.74, 6) is -0.551. The minimum atomic E-state index is -0.812. The largest absolute Gasteiger partial charge is 0.483 e. The number of rotatable bonds is 3. The summed E-state index contributed by atoms with van der Waals surface area (Å²) in [6.45, 7) is 4.17. The zero-order chi connectivity index (χ0) is 15.7. The Hall–Kier alpha value is -1.38. The van der Waals surface area contributed by atoms with Crippen molar-refractivity contribution in [3.05, 3.63) is 34.9 Å². The molecule has 1 nitrogen and oxygen atoms in total. The third-order valence-corrected chi connectivity index (χ3v) is 5.24. The van der Waals surface area contributed by atoms with Gasteiger partial charge in [-0.25, -0.2) is 4.39 Å². The van der Waals surface area contributed by atoms with Gasteiger partial charge in [-0.05, 0) is 61.6 Å². The van der Waals surface area contributed by atoms with Crippen molar-refractivity contribution < 1.29 is 13.5 Å². The molecule has 3 heteroatoms. The van der Waals surface area contributed by atoms with Gasteiger partial charge in [0.2, 0.25) is 5.82 Å². The topological polar surface area (TPSA) is 9.23 Å². The highest BCUT2D eigenvalue weighted by Crippen LogP contribution is 2.41. The molecule has 1 aromatic carbocycles. The van der Waals surface area contributed by atoms with Crippen LogP contribution in [0.4, 0.5) is 8.78 Å². The minimum Gasteiger partial charge on any atom is -0.483 e. The van der Waals surface area contributed by atoms with Crippen LogP contribution in [0.3, 0.4) is 0 Å². The third kappa shape index (κ3) is 2.78. The molecule has 1 aliphatic carbocycles. The molecule has 1 saturated carbocycles. The van der Waals surface area contributed by atoms with E-state index in [0.717, 1.165) is 38.0 Å². The third-order valence-electron chi connectivity index (χ3n) is 5.24. The number of ether oxygens (including phenoxy) is 1. The summed E-state index contributed by atoms with van der Waals surface area (Å²) in [4.78, 5) is 0. The molecular weight excluding hydrogens is 282 g/mol. The summed E-state index contributed by atoms with van der Waals surface area (Å²) >= 11 is 0. The Bertz CT molecular complexity index is 571. The van der Waals surface area contributed by atoms with E-state index in [4.69, 9.17) is 4.74 Å². The summed E-state index contributed by atoms with van der Waals surface area (Å²) in [7, 11) is 0. The molecule has 120 valence electrons. The molecule has 1 fully saturated rings. The molecule has 1 atom stereocenters. The average Bonchev–Trinajstić information content (AvgIpc) is 2.58. The van der Waals surface area contributed by atoms with Crippen LogP contribution in [0.1, 0.15) is 69.4 Å². The van der Waals surface area contributed by atoms with Crippen molar-refractivity contribution in [2.24, 2.45) is 5.92 Å². The fraction of sp³-hybridized carbons (Fsp3) is 0.579. The highest BCUT2D eigenvalue weighted by Gasteiger charge is 2.29. The highest BCUT2D eigenvalue weighted by molar-refractivity contribution is 5.62. The summed E-state index contributed by atoms with van der Waals surface area (Å²) in [6, 6.07) is 1.80. The van der Waals surface area contributed by atoms with Gasteiger partial charge in [0.25, 0.3) is 0 Å². The van der Waals surface area contributed by atoms with Gasteiger partial charge in [0.15, 0.2) is 11.6 Å². The molecule has 2 aliphatic rings. The SMILES string of the molecule is CCC1C=Cc2cc([C@H]3CC[C@H](CC)CC3)c(F)c(F)c2O1. The molecule has 3 rings (SSSR count). The predicted molar refractivity (Wildman–Crippen MR) is 85.1 cm³/mol. The predicted octanol–water partition coefficient (Wildman–Crippen LogP) is 5.83. The number of fused-ring (bicyclic) bond motifs is 1. The van der Waals surface area contributed by atoms with Crippen LogP contribution in [0.25, 0.3) is 6.08 Å². The van der Waals surface area contributed by atoms with Gasteiger partial charge in [0.1, 0.15) is 6.10 Å². The van der Waals surface area contributed by atoms with E-state index in [-0.39, 0.29) is 17.8 Å².